The molecule has 4 rings (SSSR count). The van der Waals surface area contributed by atoms with Gasteiger partial charge in [-0.25, -0.2) is 0 Å². The molecule has 0 amide bonds. The number of fused-ring (bicyclic) bond motifs is 4. The highest BCUT2D eigenvalue weighted by Crippen LogP contribution is 2.27. The molecule has 0 aliphatic rings. The Bertz CT molecular complexity index is 1140. The zero-order valence-corrected chi connectivity index (χ0v) is 14.5. The van der Waals surface area contributed by atoms with Gasteiger partial charge in [-0.1, -0.05) is 18.2 Å². The summed E-state index contributed by atoms with van der Waals surface area (Å²) in [7, 11) is 3.77. The van der Waals surface area contributed by atoms with Gasteiger partial charge in [0.1, 0.15) is 11.4 Å². The predicted molar refractivity (Wildman–Crippen MR) is 103 cm³/mol. The van der Waals surface area contributed by atoms with Crippen LogP contribution < -0.4 is 15.8 Å². The fourth-order valence-corrected chi connectivity index (χ4v) is 3.44. The van der Waals surface area contributed by atoms with Gasteiger partial charge in [-0.2, -0.15) is 0 Å². The van der Waals surface area contributed by atoms with Crippen molar-refractivity contribution in [3.8, 4) is 5.75 Å². The van der Waals surface area contributed by atoms with Crippen LogP contribution in [-0.4, -0.2) is 29.8 Å². The molecule has 3 N–H and O–H groups in total. The summed E-state index contributed by atoms with van der Waals surface area (Å²) in [6.45, 7) is 1.35. The fraction of sp³-hybridized carbons (Fsp3) is 0.250. The quantitative estimate of drug-likeness (QED) is 0.563. The Morgan fingerprint density at radius 2 is 2.00 bits per heavy atom. The van der Waals surface area contributed by atoms with Crippen LogP contribution in [0.1, 0.15) is 6.42 Å². The number of hydrogen-bond acceptors (Lipinski definition) is 3. The predicted octanol–water partition coefficient (Wildman–Crippen LogP) is 3.07. The standard InChI is InChI=1S/C20H22N4O/c1-24-17-9-8-13(25-2)12-15(17)19(22-11-5-10-21)18-14-6-3-4-7-16(14)23-20(18)24/h3-4,6-9,12,23H,5,10-11,21H2,1-2H3. The molecule has 5 heteroatoms. The number of hydrogen-bond donors (Lipinski definition) is 2. The Morgan fingerprint density at radius 3 is 2.80 bits per heavy atom. The lowest BCUT2D eigenvalue weighted by Gasteiger charge is -2.11. The average molecular weight is 334 g/mol. The minimum atomic E-state index is 0.641. The van der Waals surface area contributed by atoms with Crippen LogP contribution in [-0.2, 0) is 7.05 Å². The molecule has 4 aromatic rings. The molecule has 0 radical (unpaired) electrons. The number of rotatable bonds is 4. The maximum atomic E-state index is 5.67. The van der Waals surface area contributed by atoms with Gasteiger partial charge in [0.05, 0.1) is 23.4 Å². The normalized spacial score (nSPS) is 12.5. The number of aromatic amines is 1. The summed E-state index contributed by atoms with van der Waals surface area (Å²) in [4.78, 5) is 8.47. The van der Waals surface area contributed by atoms with Crippen LogP contribution in [0.25, 0.3) is 32.8 Å². The van der Waals surface area contributed by atoms with E-state index in [1.165, 1.54) is 5.39 Å². The van der Waals surface area contributed by atoms with E-state index in [-0.39, 0.29) is 0 Å². The first kappa shape index (κ1) is 15.7. The molecule has 0 unspecified atom stereocenters. The van der Waals surface area contributed by atoms with Crippen LogP contribution in [0.4, 0.5) is 0 Å². The molecule has 2 heterocycles. The molecule has 25 heavy (non-hydrogen) atoms. The van der Waals surface area contributed by atoms with Crippen molar-refractivity contribution >= 4 is 32.8 Å². The highest BCUT2D eigenvalue weighted by Gasteiger charge is 2.13. The Kier molecular flexibility index (Phi) is 3.93. The Hall–Kier alpha value is -2.79. The van der Waals surface area contributed by atoms with E-state index in [2.05, 4.69) is 46.9 Å². The molecule has 0 spiro atoms. The SMILES string of the molecule is COc1ccc2c(c1)c(=NCCCN)c1c3ccccc3[nH]c1n2C. The fourth-order valence-electron chi connectivity index (χ4n) is 3.44. The van der Waals surface area contributed by atoms with Crippen molar-refractivity contribution in [2.45, 2.75) is 6.42 Å². The number of aromatic nitrogens is 2. The molecule has 0 saturated carbocycles. The van der Waals surface area contributed by atoms with Crippen LogP contribution in [0.3, 0.4) is 0 Å². The van der Waals surface area contributed by atoms with Crippen molar-refractivity contribution in [1.29, 1.82) is 0 Å². The lowest BCUT2D eigenvalue weighted by atomic mass is 10.1. The zero-order chi connectivity index (χ0) is 17.4. The summed E-state index contributed by atoms with van der Waals surface area (Å²) in [5, 5.41) is 4.43. The highest BCUT2D eigenvalue weighted by molar-refractivity contribution is 6.09. The van der Waals surface area contributed by atoms with E-state index < -0.39 is 0 Å². The maximum absolute atomic E-state index is 5.67. The van der Waals surface area contributed by atoms with Crippen molar-refractivity contribution in [3.63, 3.8) is 0 Å². The number of nitrogens with two attached hydrogens (primary N) is 1. The maximum Gasteiger partial charge on any atom is 0.120 e. The lowest BCUT2D eigenvalue weighted by molar-refractivity contribution is 0.415. The van der Waals surface area contributed by atoms with Crippen LogP contribution >= 0.6 is 0 Å². The molecule has 0 atom stereocenters. The molecule has 2 aromatic carbocycles. The molecule has 0 bridgehead atoms. The van der Waals surface area contributed by atoms with Crippen LogP contribution in [0.5, 0.6) is 5.75 Å². The van der Waals surface area contributed by atoms with Gasteiger partial charge in [0.15, 0.2) is 0 Å². The van der Waals surface area contributed by atoms with Crippen molar-refractivity contribution in [3.05, 3.63) is 47.8 Å². The first-order chi connectivity index (χ1) is 12.2. The summed E-state index contributed by atoms with van der Waals surface area (Å²) >= 11 is 0. The Balaban J connectivity index is 2.22. The number of H-pyrrole nitrogens is 1. The number of pyridine rings is 1. The number of para-hydroxylation sites is 1. The second-order valence-electron chi connectivity index (χ2n) is 6.21. The summed E-state index contributed by atoms with van der Waals surface area (Å²) < 4.78 is 7.63. The van der Waals surface area contributed by atoms with Gasteiger partial charge in [-0.05, 0) is 37.2 Å². The minimum absolute atomic E-state index is 0.641. The number of nitrogens with one attached hydrogen (secondary N) is 1. The van der Waals surface area contributed by atoms with Crippen molar-refractivity contribution < 1.29 is 4.74 Å². The van der Waals surface area contributed by atoms with Crippen LogP contribution in [0, 0.1) is 0 Å². The number of aryl methyl sites for hydroxylation is 1. The Morgan fingerprint density at radius 1 is 1.16 bits per heavy atom. The molecule has 0 saturated heterocycles. The van der Waals surface area contributed by atoms with Gasteiger partial charge in [-0.15, -0.1) is 0 Å². The van der Waals surface area contributed by atoms with Crippen molar-refractivity contribution in [2.24, 2.45) is 17.8 Å². The smallest absolute Gasteiger partial charge is 0.120 e. The number of benzene rings is 2. The van der Waals surface area contributed by atoms with Crippen LogP contribution in [0.15, 0.2) is 47.5 Å². The molecule has 0 fully saturated rings. The first-order valence-electron chi connectivity index (χ1n) is 8.52. The van der Waals surface area contributed by atoms with Crippen molar-refractivity contribution in [1.82, 2.24) is 9.55 Å². The third-order valence-electron chi connectivity index (χ3n) is 4.71. The number of nitrogens with zero attached hydrogens (tertiary/aromatic N) is 2. The zero-order valence-electron chi connectivity index (χ0n) is 14.5. The monoisotopic (exact) mass is 334 g/mol. The summed E-state index contributed by atoms with van der Waals surface area (Å²) in [6, 6.07) is 14.5. The third-order valence-corrected chi connectivity index (χ3v) is 4.71. The van der Waals surface area contributed by atoms with Crippen molar-refractivity contribution in [2.75, 3.05) is 20.2 Å². The summed E-state index contributed by atoms with van der Waals surface area (Å²) in [5.41, 5.74) is 8.98. The van der Waals surface area contributed by atoms with E-state index in [0.29, 0.717) is 13.1 Å². The molecule has 0 aliphatic heterocycles. The van der Waals surface area contributed by atoms with Gasteiger partial charge >= 0.3 is 0 Å². The minimum Gasteiger partial charge on any atom is -0.497 e. The van der Waals surface area contributed by atoms with Gasteiger partial charge in [0, 0.05) is 29.9 Å². The molecule has 5 nitrogen and oxygen atoms in total. The lowest BCUT2D eigenvalue weighted by Crippen LogP contribution is -2.12. The largest absolute Gasteiger partial charge is 0.497 e. The number of methoxy groups -OCH3 is 1. The molecular weight excluding hydrogens is 312 g/mol. The van der Waals surface area contributed by atoms with E-state index in [1.54, 1.807) is 7.11 Å². The van der Waals surface area contributed by atoms with E-state index in [9.17, 15) is 0 Å². The number of ether oxygens (including phenoxy) is 1. The molecule has 0 aliphatic carbocycles. The van der Waals surface area contributed by atoms with Gasteiger partial charge < -0.3 is 20.0 Å². The summed E-state index contributed by atoms with van der Waals surface area (Å²) in [6.07, 6.45) is 0.871. The van der Waals surface area contributed by atoms with Crippen LogP contribution in [0.2, 0.25) is 0 Å². The second kappa shape index (κ2) is 6.26. The van der Waals surface area contributed by atoms with E-state index >= 15 is 0 Å². The second-order valence-corrected chi connectivity index (χ2v) is 6.21. The van der Waals surface area contributed by atoms with E-state index in [1.807, 2.05) is 12.1 Å². The summed E-state index contributed by atoms with van der Waals surface area (Å²) in [5.74, 6) is 0.835. The van der Waals surface area contributed by atoms with Gasteiger partial charge in [0.2, 0.25) is 0 Å². The first-order valence-corrected chi connectivity index (χ1v) is 8.52. The van der Waals surface area contributed by atoms with Gasteiger partial charge in [-0.3, -0.25) is 4.99 Å². The molecular formula is C20H22N4O. The average Bonchev–Trinajstić information content (AvgIpc) is 3.04. The highest BCUT2D eigenvalue weighted by atomic mass is 16.5. The van der Waals surface area contributed by atoms with E-state index in [4.69, 9.17) is 15.5 Å². The van der Waals surface area contributed by atoms with Gasteiger partial charge in [0.25, 0.3) is 0 Å². The Labute approximate surface area is 145 Å². The molecule has 2 aromatic heterocycles. The molecule has 128 valence electrons. The topological polar surface area (TPSA) is 68.3 Å². The third kappa shape index (κ3) is 2.48. The van der Waals surface area contributed by atoms with E-state index in [0.717, 1.165) is 45.0 Å².